The molecule has 3 heterocycles. The van der Waals surface area contributed by atoms with E-state index in [4.69, 9.17) is 20.1 Å². The van der Waals surface area contributed by atoms with E-state index in [1.165, 1.54) is 0 Å². The Bertz CT molecular complexity index is 3600. The van der Waals surface area contributed by atoms with Crippen molar-refractivity contribution in [2.24, 2.45) is 0 Å². The van der Waals surface area contributed by atoms with Crippen LogP contribution in [0.3, 0.4) is 0 Å². The van der Waals surface area contributed by atoms with Crippen LogP contribution in [-0.2, 0) is 0 Å². The standard InChI is InChI=1S/C62H41N5/c1-6-18-42(19-7-1)49-28-16-30-53(38-49)61-63-60(64-62(65-61)54-31-17-29-50(39-54)43-20-8-2-9-21-43)48-34-32-44(33-35-48)51-36-37-52-41-56(45-22-10-3-11-23-45)67-59(55(52)40-51)57(46-24-12-4-13-25-46)58(66-67)47-26-14-5-15-27-47/h1-41H. The summed E-state index contributed by atoms with van der Waals surface area (Å²) in [5, 5.41) is 7.69. The molecule has 0 spiro atoms. The van der Waals surface area contributed by atoms with Crippen molar-refractivity contribution >= 4 is 16.3 Å². The third-order valence-electron chi connectivity index (χ3n) is 12.5. The third-order valence-corrected chi connectivity index (χ3v) is 12.5. The molecule has 0 radical (unpaired) electrons. The van der Waals surface area contributed by atoms with Crippen molar-refractivity contribution < 1.29 is 0 Å². The van der Waals surface area contributed by atoms with E-state index in [0.29, 0.717) is 17.5 Å². The van der Waals surface area contributed by atoms with Gasteiger partial charge in [-0.15, -0.1) is 0 Å². The highest BCUT2D eigenvalue weighted by Gasteiger charge is 2.22. The van der Waals surface area contributed by atoms with Crippen molar-refractivity contribution in [2.75, 3.05) is 0 Å². The minimum Gasteiger partial charge on any atom is -0.231 e. The summed E-state index contributed by atoms with van der Waals surface area (Å²) in [5.74, 6) is 1.84. The molecule has 5 heteroatoms. The molecule has 0 aliphatic rings. The van der Waals surface area contributed by atoms with Crippen LogP contribution in [0.25, 0.3) is 117 Å². The monoisotopic (exact) mass is 855 g/mol. The Balaban J connectivity index is 0.992. The number of nitrogens with zero attached hydrogens (tertiary/aromatic N) is 5. The Morgan fingerprint density at radius 2 is 0.657 bits per heavy atom. The van der Waals surface area contributed by atoms with E-state index < -0.39 is 0 Å². The van der Waals surface area contributed by atoms with Crippen molar-refractivity contribution in [2.45, 2.75) is 0 Å². The van der Waals surface area contributed by atoms with Crippen molar-refractivity contribution in [1.82, 2.24) is 24.6 Å². The van der Waals surface area contributed by atoms with Crippen molar-refractivity contribution in [3.63, 3.8) is 0 Å². The second kappa shape index (κ2) is 17.1. The number of aromatic nitrogens is 5. The maximum atomic E-state index is 5.43. The zero-order chi connectivity index (χ0) is 44.5. The van der Waals surface area contributed by atoms with E-state index in [1.807, 2.05) is 12.1 Å². The van der Waals surface area contributed by atoms with E-state index in [-0.39, 0.29) is 0 Å². The Morgan fingerprint density at radius 3 is 1.19 bits per heavy atom. The molecule has 0 atom stereocenters. The molecule has 0 saturated heterocycles. The fourth-order valence-electron chi connectivity index (χ4n) is 9.12. The zero-order valence-corrected chi connectivity index (χ0v) is 36.4. The first-order valence-electron chi connectivity index (χ1n) is 22.5. The molecule has 0 aliphatic carbocycles. The van der Waals surface area contributed by atoms with Gasteiger partial charge >= 0.3 is 0 Å². The Hall–Kier alpha value is -9.06. The molecule has 0 aliphatic heterocycles. The normalized spacial score (nSPS) is 11.3. The van der Waals surface area contributed by atoms with Gasteiger partial charge in [0.15, 0.2) is 17.5 Å². The SMILES string of the molecule is c1ccc(-c2cccc(-c3nc(-c4ccc(-c5ccc6cc(-c7ccccc7)n7nc(-c8ccccc8)c(-c8ccccc8)c7c6c5)cc4)nc(-c4cccc(-c5ccccc5)c4)n3)c2)cc1. The van der Waals surface area contributed by atoms with Crippen LogP contribution in [0, 0.1) is 0 Å². The minimum absolute atomic E-state index is 0.607. The molecular weight excluding hydrogens is 815 g/mol. The predicted octanol–water partition coefficient (Wildman–Crippen LogP) is 15.7. The third kappa shape index (κ3) is 7.64. The smallest absolute Gasteiger partial charge is 0.164 e. The molecule has 0 fully saturated rings. The van der Waals surface area contributed by atoms with Gasteiger partial charge in [0.1, 0.15) is 5.69 Å². The van der Waals surface area contributed by atoms with Gasteiger partial charge in [-0.1, -0.05) is 224 Å². The summed E-state index contributed by atoms with van der Waals surface area (Å²) < 4.78 is 2.15. The topological polar surface area (TPSA) is 56.0 Å². The van der Waals surface area contributed by atoms with Gasteiger partial charge in [0, 0.05) is 38.8 Å². The second-order valence-corrected chi connectivity index (χ2v) is 16.7. The average molecular weight is 856 g/mol. The van der Waals surface area contributed by atoms with Crippen molar-refractivity contribution in [1.29, 1.82) is 0 Å². The van der Waals surface area contributed by atoms with Crippen LogP contribution in [0.2, 0.25) is 0 Å². The van der Waals surface area contributed by atoms with Gasteiger partial charge in [0.2, 0.25) is 0 Å². The summed E-state index contributed by atoms with van der Waals surface area (Å²) in [6, 6.07) is 87.0. The van der Waals surface area contributed by atoms with Crippen molar-refractivity contribution in [3.8, 4) is 101 Å². The van der Waals surface area contributed by atoms with E-state index >= 15 is 0 Å². The Morgan fingerprint density at radius 1 is 0.269 bits per heavy atom. The summed E-state index contributed by atoms with van der Waals surface area (Å²) in [5.41, 5.74) is 16.8. The number of pyridine rings is 1. The molecule has 0 bridgehead atoms. The van der Waals surface area contributed by atoms with Gasteiger partial charge < -0.3 is 0 Å². The van der Waals surface area contributed by atoms with E-state index in [1.54, 1.807) is 0 Å². The molecule has 67 heavy (non-hydrogen) atoms. The molecule has 0 unspecified atom stereocenters. The number of fused-ring (bicyclic) bond motifs is 3. The molecule has 314 valence electrons. The molecule has 0 N–H and O–H groups in total. The first-order valence-corrected chi connectivity index (χ1v) is 22.5. The molecule has 9 aromatic carbocycles. The van der Waals surface area contributed by atoms with Gasteiger partial charge in [-0.25, -0.2) is 19.5 Å². The fourth-order valence-corrected chi connectivity index (χ4v) is 9.12. The minimum atomic E-state index is 0.607. The number of benzene rings is 9. The lowest BCUT2D eigenvalue weighted by Gasteiger charge is -2.13. The molecule has 0 amide bonds. The van der Waals surface area contributed by atoms with Crippen molar-refractivity contribution in [3.05, 3.63) is 249 Å². The summed E-state index contributed by atoms with van der Waals surface area (Å²) >= 11 is 0. The van der Waals surface area contributed by atoms with Gasteiger partial charge in [-0.05, 0) is 68.6 Å². The lowest BCUT2D eigenvalue weighted by atomic mass is 9.95. The van der Waals surface area contributed by atoms with Crippen LogP contribution in [0.4, 0.5) is 0 Å². The summed E-state index contributed by atoms with van der Waals surface area (Å²) in [4.78, 5) is 15.5. The second-order valence-electron chi connectivity index (χ2n) is 16.7. The van der Waals surface area contributed by atoms with Crippen LogP contribution in [0.5, 0.6) is 0 Å². The highest BCUT2D eigenvalue weighted by atomic mass is 15.2. The predicted molar refractivity (Wildman–Crippen MR) is 275 cm³/mol. The summed E-state index contributed by atoms with van der Waals surface area (Å²) in [7, 11) is 0. The zero-order valence-electron chi connectivity index (χ0n) is 36.4. The highest BCUT2D eigenvalue weighted by Crippen LogP contribution is 2.42. The van der Waals surface area contributed by atoms with Crippen LogP contribution < -0.4 is 0 Å². The maximum absolute atomic E-state index is 5.43. The first kappa shape index (κ1) is 39.5. The molecule has 3 aromatic heterocycles. The van der Waals surface area contributed by atoms with E-state index in [0.717, 1.165) is 100 Å². The van der Waals surface area contributed by atoms with Gasteiger partial charge in [-0.2, -0.15) is 5.10 Å². The number of hydrogen-bond donors (Lipinski definition) is 0. The van der Waals surface area contributed by atoms with Gasteiger partial charge in [0.25, 0.3) is 0 Å². The summed E-state index contributed by atoms with van der Waals surface area (Å²) in [6.07, 6.45) is 0. The molecule has 12 rings (SSSR count). The van der Waals surface area contributed by atoms with Crippen LogP contribution >= 0.6 is 0 Å². The van der Waals surface area contributed by atoms with E-state index in [9.17, 15) is 0 Å². The van der Waals surface area contributed by atoms with Crippen LogP contribution in [0.15, 0.2) is 249 Å². The van der Waals surface area contributed by atoms with Crippen LogP contribution in [-0.4, -0.2) is 24.6 Å². The van der Waals surface area contributed by atoms with Gasteiger partial charge in [-0.3, -0.25) is 0 Å². The summed E-state index contributed by atoms with van der Waals surface area (Å²) in [6.45, 7) is 0. The first-order chi connectivity index (χ1) is 33.2. The van der Waals surface area contributed by atoms with Crippen LogP contribution in [0.1, 0.15) is 0 Å². The lowest BCUT2D eigenvalue weighted by molar-refractivity contribution is 0.979. The van der Waals surface area contributed by atoms with Gasteiger partial charge in [0.05, 0.1) is 11.2 Å². The quantitative estimate of drug-likeness (QED) is 0.145. The highest BCUT2D eigenvalue weighted by molar-refractivity contribution is 6.09. The molecule has 12 aromatic rings. The average Bonchev–Trinajstić information content (AvgIpc) is 3.83. The maximum Gasteiger partial charge on any atom is 0.164 e. The number of rotatable bonds is 9. The lowest BCUT2D eigenvalue weighted by Crippen LogP contribution is -2.00. The Kier molecular flexibility index (Phi) is 10.1. The Labute approximate surface area is 389 Å². The number of hydrogen-bond acceptors (Lipinski definition) is 4. The largest absolute Gasteiger partial charge is 0.231 e. The molecular formula is C62H41N5. The fraction of sp³-hybridized carbons (Fsp3) is 0. The molecule has 5 nitrogen and oxygen atoms in total. The molecule has 0 saturated carbocycles. The van der Waals surface area contributed by atoms with E-state index in [2.05, 4.69) is 241 Å².